The molecular formula is C28H50N2O3S. The third kappa shape index (κ3) is 15.5. The summed E-state index contributed by atoms with van der Waals surface area (Å²) in [5.74, 6) is 0. The lowest BCUT2D eigenvalue weighted by Crippen LogP contribution is -2.32. The number of nitrogens with zero attached hydrogens (tertiary/aromatic N) is 2. The Balaban J connectivity index is 0.00000104. The van der Waals surface area contributed by atoms with Crippen LogP contribution in [0.5, 0.6) is 0 Å². The normalized spacial score (nSPS) is 11.5. The topological polar surface area (TPSA) is 66.0 Å². The zero-order valence-electron chi connectivity index (χ0n) is 22.1. The summed E-state index contributed by atoms with van der Waals surface area (Å²) in [4.78, 5) is 0. The molecule has 2 rings (SSSR count). The van der Waals surface area contributed by atoms with Crippen LogP contribution in [-0.2, 0) is 23.2 Å². The summed E-state index contributed by atoms with van der Waals surface area (Å²) in [6, 6.07) is 8.97. The van der Waals surface area contributed by atoms with E-state index in [1.54, 1.807) is 0 Å². The molecule has 5 nitrogen and oxygen atoms in total. The highest BCUT2D eigenvalue weighted by Crippen LogP contribution is 2.15. The minimum absolute atomic E-state index is 0.604. The van der Waals surface area contributed by atoms with Crippen LogP contribution in [0.1, 0.15) is 117 Å². The van der Waals surface area contributed by atoms with Crippen molar-refractivity contribution >= 4 is 21.2 Å². The molecule has 1 heterocycles. The second kappa shape index (κ2) is 18.9. The number of hydrogen-bond donors (Lipinski definition) is 0. The quantitative estimate of drug-likeness (QED) is 0.123. The molecule has 0 aliphatic heterocycles. The average molecular weight is 495 g/mol. The molecule has 0 saturated heterocycles. The zero-order valence-corrected chi connectivity index (χ0v) is 23.0. The van der Waals surface area contributed by atoms with E-state index in [2.05, 4.69) is 53.6 Å². The molecule has 34 heavy (non-hydrogen) atoms. The number of para-hydroxylation sites is 2. The summed E-state index contributed by atoms with van der Waals surface area (Å²) in [6.07, 6.45) is 25.2. The summed E-state index contributed by atoms with van der Waals surface area (Å²) in [6.45, 7) is 6.92. The van der Waals surface area contributed by atoms with Crippen LogP contribution in [0.2, 0.25) is 0 Å². The van der Waals surface area contributed by atoms with Crippen molar-refractivity contribution in [3.8, 4) is 0 Å². The van der Waals surface area contributed by atoms with E-state index in [4.69, 9.17) is 13.0 Å². The number of unbranched alkanes of at least 4 members (excludes halogenated alkanes) is 14. The first kappa shape index (κ1) is 30.6. The minimum atomic E-state index is -3.92. The first-order valence-electron chi connectivity index (χ1n) is 13.7. The van der Waals surface area contributed by atoms with Crippen molar-refractivity contribution < 1.29 is 17.5 Å². The van der Waals surface area contributed by atoms with Gasteiger partial charge in [0.1, 0.15) is 0 Å². The largest absolute Gasteiger partial charge is 0.748 e. The Hall–Kier alpha value is -1.40. The molecule has 2 aromatic rings. The van der Waals surface area contributed by atoms with Crippen molar-refractivity contribution in [2.75, 3.05) is 6.26 Å². The molecule has 1 aromatic heterocycles. The predicted octanol–water partition coefficient (Wildman–Crippen LogP) is 7.37. The number of rotatable bonds is 18. The van der Waals surface area contributed by atoms with Gasteiger partial charge in [0.25, 0.3) is 0 Å². The van der Waals surface area contributed by atoms with Gasteiger partial charge in [-0.3, -0.25) is 0 Å². The van der Waals surface area contributed by atoms with Crippen LogP contribution in [0.4, 0.5) is 0 Å². The van der Waals surface area contributed by atoms with Gasteiger partial charge in [0.2, 0.25) is 6.33 Å². The number of aryl methyl sites for hydroxylation is 2. The molecule has 0 aliphatic carbocycles. The maximum Gasteiger partial charge on any atom is 0.244 e. The number of fused-ring (bicyclic) bond motifs is 1. The third-order valence-corrected chi connectivity index (χ3v) is 6.28. The fourth-order valence-corrected chi connectivity index (χ4v) is 4.43. The first-order chi connectivity index (χ1) is 16.4. The summed E-state index contributed by atoms with van der Waals surface area (Å²) in [5, 5.41) is 0. The molecule has 0 amide bonds. The molecular weight excluding hydrogens is 444 g/mol. The molecule has 6 heteroatoms. The second-order valence-electron chi connectivity index (χ2n) is 9.64. The molecule has 0 saturated carbocycles. The van der Waals surface area contributed by atoms with Crippen molar-refractivity contribution in [2.45, 2.75) is 130 Å². The zero-order chi connectivity index (χ0) is 25.1. The molecule has 0 unspecified atom stereocenters. The standard InChI is InChI=1S/C27H47N2.CH4O3S/c1-3-5-7-9-11-13-15-19-23-28-25-29(27-22-18-17-21-26(27)28)24-20-16-14-12-10-8-6-4-2;1-5(2,3)4/h17-18,21-22,25H,3-16,19-20,23-24H2,1-2H3;1H3,(H,2,3,4)/q+1;/p-1. The van der Waals surface area contributed by atoms with Gasteiger partial charge in [-0.15, -0.1) is 0 Å². The molecule has 0 spiro atoms. The van der Waals surface area contributed by atoms with Crippen LogP contribution in [0.15, 0.2) is 30.6 Å². The van der Waals surface area contributed by atoms with Crippen LogP contribution in [-0.4, -0.2) is 23.8 Å². The number of hydrogen-bond acceptors (Lipinski definition) is 3. The van der Waals surface area contributed by atoms with Crippen LogP contribution in [0, 0.1) is 0 Å². The van der Waals surface area contributed by atoms with E-state index in [0.29, 0.717) is 6.26 Å². The Morgan fingerprint density at radius 3 is 1.71 bits per heavy atom. The van der Waals surface area contributed by atoms with Crippen molar-refractivity contribution in [3.63, 3.8) is 0 Å². The lowest BCUT2D eigenvalue weighted by molar-refractivity contribution is -0.672. The number of benzene rings is 1. The molecule has 196 valence electrons. The summed E-state index contributed by atoms with van der Waals surface area (Å²) >= 11 is 0. The second-order valence-corrected chi connectivity index (χ2v) is 11.1. The highest BCUT2D eigenvalue weighted by molar-refractivity contribution is 7.84. The highest BCUT2D eigenvalue weighted by atomic mass is 32.2. The molecule has 1 aromatic carbocycles. The predicted molar refractivity (Wildman–Crippen MR) is 143 cm³/mol. The SMILES string of the molecule is CCCCCCCCCCn1c[n+](CCCCCCCCCC)c2ccccc21.CS(=O)(=O)[O-]. The van der Waals surface area contributed by atoms with Gasteiger partial charge < -0.3 is 4.55 Å². The molecule has 0 atom stereocenters. The van der Waals surface area contributed by atoms with Gasteiger partial charge in [0, 0.05) is 6.26 Å². The van der Waals surface area contributed by atoms with E-state index in [9.17, 15) is 0 Å². The fraction of sp³-hybridized carbons (Fsp3) is 0.750. The summed E-state index contributed by atoms with van der Waals surface area (Å²) < 4.78 is 32.2. The maximum absolute atomic E-state index is 9.08. The molecule has 0 aliphatic rings. The van der Waals surface area contributed by atoms with E-state index in [-0.39, 0.29) is 0 Å². The Bertz CT molecular complexity index is 800. The van der Waals surface area contributed by atoms with Crippen LogP contribution in [0.3, 0.4) is 0 Å². The van der Waals surface area contributed by atoms with Gasteiger partial charge in [-0.2, -0.15) is 0 Å². The van der Waals surface area contributed by atoms with Gasteiger partial charge in [-0.25, -0.2) is 17.6 Å². The van der Waals surface area contributed by atoms with Crippen molar-refractivity contribution in [1.29, 1.82) is 0 Å². The smallest absolute Gasteiger partial charge is 0.244 e. The Morgan fingerprint density at radius 1 is 0.735 bits per heavy atom. The van der Waals surface area contributed by atoms with Gasteiger partial charge in [0.05, 0.1) is 23.2 Å². The summed E-state index contributed by atoms with van der Waals surface area (Å²) in [5.41, 5.74) is 2.82. The van der Waals surface area contributed by atoms with Crippen molar-refractivity contribution in [3.05, 3.63) is 30.6 Å². The Morgan fingerprint density at radius 2 is 1.18 bits per heavy atom. The molecule has 0 bridgehead atoms. The molecule has 0 N–H and O–H groups in total. The number of imidazole rings is 1. The van der Waals surface area contributed by atoms with E-state index in [1.807, 2.05) is 0 Å². The van der Waals surface area contributed by atoms with Gasteiger partial charge in [-0.1, -0.05) is 103 Å². The fourth-order valence-electron chi connectivity index (χ4n) is 4.43. The van der Waals surface area contributed by atoms with Crippen molar-refractivity contribution in [1.82, 2.24) is 4.57 Å². The third-order valence-electron chi connectivity index (χ3n) is 6.28. The van der Waals surface area contributed by atoms with Crippen LogP contribution >= 0.6 is 0 Å². The van der Waals surface area contributed by atoms with Gasteiger partial charge in [0.15, 0.2) is 11.0 Å². The van der Waals surface area contributed by atoms with Crippen LogP contribution in [0.25, 0.3) is 11.0 Å². The van der Waals surface area contributed by atoms with Crippen molar-refractivity contribution in [2.24, 2.45) is 0 Å². The van der Waals surface area contributed by atoms with E-state index >= 15 is 0 Å². The lowest BCUT2D eigenvalue weighted by Gasteiger charge is -2.01. The van der Waals surface area contributed by atoms with E-state index in [0.717, 1.165) is 0 Å². The lowest BCUT2D eigenvalue weighted by atomic mass is 10.1. The average Bonchev–Trinajstić information content (AvgIpc) is 3.14. The highest BCUT2D eigenvalue weighted by Gasteiger charge is 2.14. The number of aromatic nitrogens is 2. The van der Waals surface area contributed by atoms with E-state index < -0.39 is 10.1 Å². The van der Waals surface area contributed by atoms with Crippen LogP contribution < -0.4 is 4.57 Å². The molecule has 0 fully saturated rings. The summed E-state index contributed by atoms with van der Waals surface area (Å²) in [7, 11) is -3.92. The van der Waals surface area contributed by atoms with Gasteiger partial charge in [-0.05, 0) is 37.8 Å². The Kier molecular flexibility index (Phi) is 17.0. The first-order valence-corrected chi connectivity index (χ1v) is 15.6. The Labute approximate surface area is 209 Å². The molecule has 0 radical (unpaired) electrons. The minimum Gasteiger partial charge on any atom is -0.748 e. The van der Waals surface area contributed by atoms with Gasteiger partial charge >= 0.3 is 0 Å². The van der Waals surface area contributed by atoms with E-state index in [1.165, 1.54) is 127 Å². The monoisotopic (exact) mass is 494 g/mol. The maximum atomic E-state index is 9.08.